The third-order valence-corrected chi connectivity index (χ3v) is 3.22. The minimum absolute atomic E-state index is 0.153. The highest BCUT2D eigenvalue weighted by molar-refractivity contribution is 6.34. The standard InChI is InChI=1S/C14H16ClN3O2/c1-8-5-6-16-9(7-8)18-12(14(2,3)4)10(15)11(17-18)13(19)20/h5-7H,1-4H3,(H,19,20). The van der Waals surface area contributed by atoms with E-state index in [1.807, 2.05) is 39.8 Å². The zero-order valence-electron chi connectivity index (χ0n) is 11.8. The molecule has 2 rings (SSSR count). The van der Waals surface area contributed by atoms with Crippen molar-refractivity contribution in [2.45, 2.75) is 33.1 Å². The molecule has 0 fully saturated rings. The van der Waals surface area contributed by atoms with Crippen LogP contribution in [0.2, 0.25) is 5.02 Å². The van der Waals surface area contributed by atoms with Gasteiger partial charge in [-0.2, -0.15) is 5.10 Å². The first kappa shape index (κ1) is 14.5. The number of rotatable bonds is 2. The van der Waals surface area contributed by atoms with Crippen molar-refractivity contribution in [1.29, 1.82) is 0 Å². The second-order valence-electron chi connectivity index (χ2n) is 5.67. The summed E-state index contributed by atoms with van der Waals surface area (Å²) in [6.07, 6.45) is 1.66. The highest BCUT2D eigenvalue weighted by atomic mass is 35.5. The molecular formula is C14H16ClN3O2. The average Bonchev–Trinajstić information content (AvgIpc) is 2.66. The van der Waals surface area contributed by atoms with Gasteiger partial charge >= 0.3 is 5.97 Å². The summed E-state index contributed by atoms with van der Waals surface area (Å²) in [7, 11) is 0. The first-order chi connectivity index (χ1) is 9.21. The van der Waals surface area contributed by atoms with E-state index >= 15 is 0 Å². The van der Waals surface area contributed by atoms with Crippen molar-refractivity contribution < 1.29 is 9.90 Å². The number of halogens is 1. The Balaban J connectivity index is 2.75. The van der Waals surface area contributed by atoms with Crippen LogP contribution in [0.5, 0.6) is 0 Å². The van der Waals surface area contributed by atoms with Crippen LogP contribution in [0.25, 0.3) is 5.82 Å². The molecule has 0 unspecified atom stereocenters. The number of carboxylic acids is 1. The molecule has 1 N–H and O–H groups in total. The molecule has 0 amide bonds. The molecule has 0 saturated carbocycles. The second-order valence-corrected chi connectivity index (χ2v) is 6.05. The van der Waals surface area contributed by atoms with Crippen LogP contribution in [0.1, 0.15) is 42.5 Å². The van der Waals surface area contributed by atoms with Crippen molar-refractivity contribution in [3.8, 4) is 5.82 Å². The third-order valence-electron chi connectivity index (χ3n) is 2.86. The molecule has 0 aliphatic rings. The van der Waals surface area contributed by atoms with Crippen molar-refractivity contribution in [1.82, 2.24) is 14.8 Å². The van der Waals surface area contributed by atoms with Crippen molar-refractivity contribution in [2.75, 3.05) is 0 Å². The molecule has 2 aromatic rings. The topological polar surface area (TPSA) is 68.0 Å². The number of aromatic carboxylic acids is 1. The second kappa shape index (κ2) is 4.90. The van der Waals surface area contributed by atoms with Gasteiger partial charge in [0.05, 0.1) is 10.7 Å². The Hall–Kier alpha value is -1.88. The van der Waals surface area contributed by atoms with Gasteiger partial charge in [-0.15, -0.1) is 0 Å². The minimum atomic E-state index is -1.15. The Morgan fingerprint density at radius 1 is 1.40 bits per heavy atom. The molecule has 6 heteroatoms. The van der Waals surface area contributed by atoms with Crippen LogP contribution in [0, 0.1) is 6.92 Å². The fourth-order valence-electron chi connectivity index (χ4n) is 1.98. The normalized spacial score (nSPS) is 11.7. The van der Waals surface area contributed by atoms with E-state index in [9.17, 15) is 9.90 Å². The van der Waals surface area contributed by atoms with Crippen LogP contribution in [0.3, 0.4) is 0 Å². The molecule has 0 aliphatic heterocycles. The maximum absolute atomic E-state index is 11.2. The van der Waals surface area contributed by atoms with E-state index in [1.54, 1.807) is 6.20 Å². The van der Waals surface area contributed by atoms with Crippen LogP contribution in [-0.4, -0.2) is 25.8 Å². The van der Waals surface area contributed by atoms with Crippen LogP contribution >= 0.6 is 11.6 Å². The average molecular weight is 294 g/mol. The summed E-state index contributed by atoms with van der Waals surface area (Å²) >= 11 is 6.21. The van der Waals surface area contributed by atoms with Gasteiger partial charge in [-0.25, -0.2) is 14.5 Å². The highest BCUT2D eigenvalue weighted by Crippen LogP contribution is 2.33. The van der Waals surface area contributed by atoms with Gasteiger partial charge in [-0.1, -0.05) is 32.4 Å². The third kappa shape index (κ3) is 2.54. The van der Waals surface area contributed by atoms with Crippen molar-refractivity contribution >= 4 is 17.6 Å². The largest absolute Gasteiger partial charge is 0.476 e. The molecule has 0 radical (unpaired) electrons. The summed E-state index contributed by atoms with van der Waals surface area (Å²) in [5.74, 6) is -0.587. The number of carbonyl (C=O) groups is 1. The van der Waals surface area contributed by atoms with Crippen LogP contribution < -0.4 is 0 Å². The van der Waals surface area contributed by atoms with E-state index in [0.717, 1.165) is 5.56 Å². The number of hydrogen-bond acceptors (Lipinski definition) is 3. The number of pyridine rings is 1. The van der Waals surface area contributed by atoms with E-state index in [-0.39, 0.29) is 16.1 Å². The number of carboxylic acid groups (broad SMARTS) is 1. The molecule has 0 atom stereocenters. The Morgan fingerprint density at radius 3 is 2.55 bits per heavy atom. The van der Waals surface area contributed by atoms with Gasteiger partial charge in [0.2, 0.25) is 0 Å². The Morgan fingerprint density at radius 2 is 2.05 bits per heavy atom. The fraction of sp³-hybridized carbons (Fsp3) is 0.357. The Labute approximate surface area is 122 Å². The lowest BCUT2D eigenvalue weighted by atomic mass is 9.91. The maximum atomic E-state index is 11.2. The summed E-state index contributed by atoms with van der Waals surface area (Å²) < 4.78 is 1.51. The molecule has 0 aromatic carbocycles. The van der Waals surface area contributed by atoms with Gasteiger partial charge < -0.3 is 5.11 Å². The quantitative estimate of drug-likeness (QED) is 0.923. The summed E-state index contributed by atoms with van der Waals surface area (Å²) in [5, 5.41) is 13.5. The Bertz CT molecular complexity index is 672. The maximum Gasteiger partial charge on any atom is 0.358 e. The predicted octanol–water partition coefficient (Wildman–Crippen LogP) is 3.22. The van der Waals surface area contributed by atoms with E-state index in [1.165, 1.54) is 4.68 Å². The highest BCUT2D eigenvalue weighted by Gasteiger charge is 2.30. The molecule has 0 bridgehead atoms. The number of aryl methyl sites for hydroxylation is 1. The monoisotopic (exact) mass is 293 g/mol. The van der Waals surface area contributed by atoms with E-state index < -0.39 is 5.97 Å². The first-order valence-electron chi connectivity index (χ1n) is 6.17. The molecule has 106 valence electrons. The Kier molecular flexibility index (Phi) is 3.56. The summed E-state index contributed by atoms with van der Waals surface area (Å²) in [6.45, 7) is 7.79. The van der Waals surface area contributed by atoms with Gasteiger partial charge in [0.25, 0.3) is 0 Å². The number of hydrogen-bond donors (Lipinski definition) is 1. The van der Waals surface area contributed by atoms with E-state index in [0.29, 0.717) is 11.5 Å². The minimum Gasteiger partial charge on any atom is -0.476 e. The van der Waals surface area contributed by atoms with E-state index in [4.69, 9.17) is 11.6 Å². The smallest absolute Gasteiger partial charge is 0.358 e. The summed E-state index contributed by atoms with van der Waals surface area (Å²) in [6, 6.07) is 3.70. The molecular weight excluding hydrogens is 278 g/mol. The lowest BCUT2D eigenvalue weighted by molar-refractivity contribution is 0.0690. The van der Waals surface area contributed by atoms with Gasteiger partial charge in [0, 0.05) is 11.6 Å². The van der Waals surface area contributed by atoms with Crippen molar-refractivity contribution in [3.05, 3.63) is 40.3 Å². The van der Waals surface area contributed by atoms with Gasteiger partial charge in [-0.3, -0.25) is 0 Å². The number of aromatic nitrogens is 3. The number of nitrogens with zero attached hydrogens (tertiary/aromatic N) is 3. The lowest BCUT2D eigenvalue weighted by Gasteiger charge is -2.20. The van der Waals surface area contributed by atoms with Crippen LogP contribution in [-0.2, 0) is 5.41 Å². The van der Waals surface area contributed by atoms with Gasteiger partial charge in [0.15, 0.2) is 11.5 Å². The molecule has 5 nitrogen and oxygen atoms in total. The molecule has 2 aromatic heterocycles. The van der Waals surface area contributed by atoms with E-state index in [2.05, 4.69) is 10.1 Å². The van der Waals surface area contributed by atoms with Gasteiger partial charge in [-0.05, 0) is 24.6 Å². The zero-order chi connectivity index (χ0) is 15.1. The van der Waals surface area contributed by atoms with Crippen LogP contribution in [0.15, 0.2) is 18.3 Å². The molecule has 0 aliphatic carbocycles. The van der Waals surface area contributed by atoms with Crippen molar-refractivity contribution in [2.24, 2.45) is 0 Å². The molecule has 0 spiro atoms. The van der Waals surface area contributed by atoms with Crippen molar-refractivity contribution in [3.63, 3.8) is 0 Å². The van der Waals surface area contributed by atoms with Gasteiger partial charge in [0.1, 0.15) is 0 Å². The molecule has 0 saturated heterocycles. The molecule has 20 heavy (non-hydrogen) atoms. The first-order valence-corrected chi connectivity index (χ1v) is 6.55. The summed E-state index contributed by atoms with van der Waals surface area (Å²) in [4.78, 5) is 15.5. The van der Waals surface area contributed by atoms with Crippen LogP contribution in [0.4, 0.5) is 0 Å². The zero-order valence-corrected chi connectivity index (χ0v) is 12.6. The molecule has 2 heterocycles. The SMILES string of the molecule is Cc1ccnc(-n2nc(C(=O)O)c(Cl)c2C(C)(C)C)c1. The summed E-state index contributed by atoms with van der Waals surface area (Å²) in [5.41, 5.74) is 1.14. The predicted molar refractivity (Wildman–Crippen MR) is 76.8 cm³/mol. The fourth-order valence-corrected chi connectivity index (χ4v) is 2.47. The lowest BCUT2D eigenvalue weighted by Crippen LogP contribution is -2.18.